The summed E-state index contributed by atoms with van der Waals surface area (Å²) in [6.45, 7) is 16.5. The lowest BCUT2D eigenvalue weighted by atomic mass is 9.70. The van der Waals surface area contributed by atoms with Crippen LogP contribution in [0.5, 0.6) is 0 Å². The highest BCUT2D eigenvalue weighted by Crippen LogP contribution is 2.38. The molecule has 2 atom stereocenters. The maximum absolute atomic E-state index is 12.5. The van der Waals surface area contributed by atoms with Crippen molar-refractivity contribution in [2.24, 2.45) is 17.3 Å². The van der Waals surface area contributed by atoms with Crippen molar-refractivity contribution in [2.75, 3.05) is 0 Å². The maximum Gasteiger partial charge on any atom is 0.316 e. The van der Waals surface area contributed by atoms with E-state index in [4.69, 9.17) is 9.47 Å². The first-order chi connectivity index (χ1) is 12.9. The van der Waals surface area contributed by atoms with Gasteiger partial charge in [0.15, 0.2) is 0 Å². The quantitative estimate of drug-likeness (QED) is 0.136. The standard InChI is InChI=1S/C23H38O4/c1-7-11-12-13-14-15-16-17-18-19(21(24)26-9-3)20(8-2)23(5,6)22(25)27-10-4/h8-10,19-20H,2-4,7,11-18H2,1,5-6H3. The van der Waals surface area contributed by atoms with E-state index in [1.807, 2.05) is 0 Å². The second-order valence-corrected chi connectivity index (χ2v) is 7.53. The number of rotatable bonds is 16. The predicted octanol–water partition coefficient (Wildman–Crippen LogP) is 6.34. The average Bonchev–Trinajstić information content (AvgIpc) is 2.63. The van der Waals surface area contributed by atoms with Crippen molar-refractivity contribution < 1.29 is 19.1 Å². The maximum atomic E-state index is 12.5. The molecule has 0 saturated carbocycles. The zero-order valence-corrected chi connectivity index (χ0v) is 17.5. The molecule has 4 heteroatoms. The fourth-order valence-electron chi connectivity index (χ4n) is 3.44. The first-order valence-electron chi connectivity index (χ1n) is 10.1. The van der Waals surface area contributed by atoms with Crippen LogP contribution >= 0.6 is 0 Å². The first-order valence-corrected chi connectivity index (χ1v) is 10.1. The summed E-state index contributed by atoms with van der Waals surface area (Å²) in [4.78, 5) is 24.8. The van der Waals surface area contributed by atoms with Crippen molar-refractivity contribution in [3.63, 3.8) is 0 Å². The Hall–Kier alpha value is -1.84. The van der Waals surface area contributed by atoms with Crippen LogP contribution in [0.4, 0.5) is 0 Å². The normalized spacial score (nSPS) is 13.3. The molecule has 0 aromatic carbocycles. The summed E-state index contributed by atoms with van der Waals surface area (Å²) < 4.78 is 10.0. The summed E-state index contributed by atoms with van der Waals surface area (Å²) in [6.07, 6.45) is 14.0. The monoisotopic (exact) mass is 378 g/mol. The lowest BCUT2D eigenvalue weighted by Crippen LogP contribution is -2.40. The van der Waals surface area contributed by atoms with Gasteiger partial charge in [0.1, 0.15) is 0 Å². The van der Waals surface area contributed by atoms with Crippen molar-refractivity contribution in [1.82, 2.24) is 0 Å². The SMILES string of the molecule is C=COC(=O)C(CCCCCCCCCC)C(C=C)C(C)(C)C(=O)OC=C. The number of carbonyl (C=O) groups excluding carboxylic acids is 2. The Morgan fingerprint density at radius 2 is 1.41 bits per heavy atom. The van der Waals surface area contributed by atoms with Gasteiger partial charge in [-0.25, -0.2) is 0 Å². The van der Waals surface area contributed by atoms with Crippen molar-refractivity contribution >= 4 is 11.9 Å². The van der Waals surface area contributed by atoms with Crippen LogP contribution in [0.2, 0.25) is 0 Å². The Bertz CT molecular complexity index is 479. The summed E-state index contributed by atoms with van der Waals surface area (Å²) >= 11 is 0. The Labute approximate surface area is 165 Å². The predicted molar refractivity (Wildman–Crippen MR) is 111 cm³/mol. The van der Waals surface area contributed by atoms with Gasteiger partial charge in [0.05, 0.1) is 23.9 Å². The third-order valence-corrected chi connectivity index (χ3v) is 5.11. The fraction of sp³-hybridized carbons (Fsp3) is 0.652. The number of carbonyl (C=O) groups is 2. The van der Waals surface area contributed by atoms with Gasteiger partial charge in [-0.2, -0.15) is 0 Å². The second kappa shape index (κ2) is 14.2. The van der Waals surface area contributed by atoms with E-state index < -0.39 is 23.2 Å². The molecule has 0 aliphatic rings. The molecule has 0 amide bonds. The van der Waals surface area contributed by atoms with Gasteiger partial charge in [0, 0.05) is 5.92 Å². The second-order valence-electron chi connectivity index (χ2n) is 7.53. The number of hydrogen-bond acceptors (Lipinski definition) is 4. The molecule has 0 N–H and O–H groups in total. The number of unbranched alkanes of at least 4 members (excludes halogenated alkanes) is 7. The molecule has 0 bridgehead atoms. The van der Waals surface area contributed by atoms with Gasteiger partial charge in [0.25, 0.3) is 0 Å². The van der Waals surface area contributed by atoms with E-state index in [1.54, 1.807) is 19.9 Å². The molecule has 0 aliphatic heterocycles. The van der Waals surface area contributed by atoms with Crippen LogP contribution in [0, 0.1) is 17.3 Å². The third-order valence-electron chi connectivity index (χ3n) is 5.11. The van der Waals surface area contributed by atoms with Crippen LogP contribution in [0.25, 0.3) is 0 Å². The molecule has 0 spiro atoms. The summed E-state index contributed by atoms with van der Waals surface area (Å²) in [6, 6.07) is 0. The molecule has 2 unspecified atom stereocenters. The Balaban J connectivity index is 4.88. The van der Waals surface area contributed by atoms with Crippen LogP contribution in [-0.2, 0) is 19.1 Å². The topological polar surface area (TPSA) is 52.6 Å². The van der Waals surface area contributed by atoms with Crippen molar-refractivity contribution in [2.45, 2.75) is 78.6 Å². The van der Waals surface area contributed by atoms with E-state index in [0.717, 1.165) is 31.8 Å². The number of allylic oxidation sites excluding steroid dienone is 1. The van der Waals surface area contributed by atoms with E-state index in [9.17, 15) is 9.59 Å². The largest absolute Gasteiger partial charge is 0.435 e. The highest BCUT2D eigenvalue weighted by Gasteiger charge is 2.43. The van der Waals surface area contributed by atoms with E-state index in [0.29, 0.717) is 6.42 Å². The molecule has 0 saturated heterocycles. The Morgan fingerprint density at radius 3 is 1.89 bits per heavy atom. The molecule has 0 radical (unpaired) electrons. The van der Waals surface area contributed by atoms with E-state index in [1.165, 1.54) is 32.1 Å². The lowest BCUT2D eigenvalue weighted by molar-refractivity contribution is -0.155. The number of hydrogen-bond donors (Lipinski definition) is 0. The van der Waals surface area contributed by atoms with Crippen LogP contribution in [0.1, 0.15) is 78.6 Å². The third kappa shape index (κ3) is 9.07. The summed E-state index contributed by atoms with van der Waals surface area (Å²) in [7, 11) is 0. The van der Waals surface area contributed by atoms with Gasteiger partial charge in [-0.05, 0) is 20.3 Å². The van der Waals surface area contributed by atoms with E-state index in [2.05, 4.69) is 26.7 Å². The van der Waals surface area contributed by atoms with Gasteiger partial charge in [-0.1, -0.05) is 77.5 Å². The van der Waals surface area contributed by atoms with Crippen LogP contribution < -0.4 is 0 Å². The molecule has 27 heavy (non-hydrogen) atoms. The van der Waals surface area contributed by atoms with Gasteiger partial charge in [-0.15, -0.1) is 6.58 Å². The fourth-order valence-corrected chi connectivity index (χ4v) is 3.44. The number of ether oxygens (including phenoxy) is 2. The summed E-state index contributed by atoms with van der Waals surface area (Å²) in [5, 5.41) is 0. The Kier molecular flexibility index (Phi) is 13.3. The highest BCUT2D eigenvalue weighted by molar-refractivity contribution is 5.80. The average molecular weight is 379 g/mol. The van der Waals surface area contributed by atoms with Crippen LogP contribution in [-0.4, -0.2) is 11.9 Å². The smallest absolute Gasteiger partial charge is 0.316 e. The van der Waals surface area contributed by atoms with Gasteiger partial charge >= 0.3 is 11.9 Å². The summed E-state index contributed by atoms with van der Waals surface area (Å²) in [5.41, 5.74) is -0.916. The van der Waals surface area contributed by atoms with Crippen LogP contribution in [0.3, 0.4) is 0 Å². The molecule has 0 heterocycles. The van der Waals surface area contributed by atoms with Gasteiger partial charge < -0.3 is 9.47 Å². The molecule has 0 aliphatic carbocycles. The van der Waals surface area contributed by atoms with Gasteiger partial charge in [0.2, 0.25) is 0 Å². The Morgan fingerprint density at radius 1 is 0.889 bits per heavy atom. The zero-order chi connectivity index (χ0) is 20.7. The molecular weight excluding hydrogens is 340 g/mol. The number of esters is 2. The minimum absolute atomic E-state index is 0.377. The zero-order valence-electron chi connectivity index (χ0n) is 17.5. The molecule has 0 aromatic heterocycles. The summed E-state index contributed by atoms with van der Waals surface area (Å²) in [5.74, 6) is -1.68. The minimum atomic E-state index is -0.916. The van der Waals surface area contributed by atoms with Crippen molar-refractivity contribution in [3.05, 3.63) is 38.3 Å². The lowest BCUT2D eigenvalue weighted by Gasteiger charge is -2.34. The molecule has 0 fully saturated rings. The molecule has 4 nitrogen and oxygen atoms in total. The van der Waals surface area contributed by atoms with Gasteiger partial charge in [-0.3, -0.25) is 9.59 Å². The molecular formula is C23H38O4. The van der Waals surface area contributed by atoms with Crippen molar-refractivity contribution in [1.29, 1.82) is 0 Å². The molecule has 0 rings (SSSR count). The van der Waals surface area contributed by atoms with E-state index >= 15 is 0 Å². The minimum Gasteiger partial charge on any atom is -0.435 e. The van der Waals surface area contributed by atoms with Crippen LogP contribution in [0.15, 0.2) is 38.3 Å². The highest BCUT2D eigenvalue weighted by atomic mass is 16.5. The molecule has 0 aromatic rings. The first kappa shape index (κ1) is 25.2. The van der Waals surface area contributed by atoms with E-state index in [-0.39, 0.29) is 5.97 Å². The molecule has 154 valence electrons. The van der Waals surface area contributed by atoms with Crippen molar-refractivity contribution in [3.8, 4) is 0 Å².